The zero-order valence-electron chi connectivity index (χ0n) is 9.46. The molecule has 0 aromatic carbocycles. The second-order valence-electron chi connectivity index (χ2n) is 5.06. The summed E-state index contributed by atoms with van der Waals surface area (Å²) in [6.07, 6.45) is 6.19. The second kappa shape index (κ2) is 4.76. The van der Waals surface area contributed by atoms with Crippen LogP contribution < -0.4 is 5.32 Å². The Balaban J connectivity index is 1.80. The van der Waals surface area contributed by atoms with Crippen molar-refractivity contribution in [3.8, 4) is 6.07 Å². The number of thioether (sulfide) groups is 1. The molecule has 1 N–H and O–H groups in total. The van der Waals surface area contributed by atoms with Crippen LogP contribution in [0.4, 0.5) is 0 Å². The monoisotopic (exact) mass is 224 g/mol. The Labute approximate surface area is 96.8 Å². The average molecular weight is 224 g/mol. The first kappa shape index (κ1) is 11.3. The minimum atomic E-state index is 0.264. The Morgan fingerprint density at radius 1 is 1.47 bits per heavy atom. The predicted octanol–water partition coefficient (Wildman–Crippen LogP) is 2.55. The molecule has 1 aliphatic carbocycles. The van der Waals surface area contributed by atoms with Gasteiger partial charge in [-0.05, 0) is 38.4 Å². The van der Waals surface area contributed by atoms with Gasteiger partial charge in [0.15, 0.2) is 0 Å². The van der Waals surface area contributed by atoms with Crippen molar-refractivity contribution in [2.45, 2.75) is 49.8 Å². The zero-order valence-corrected chi connectivity index (χ0v) is 10.3. The maximum absolute atomic E-state index is 9.00. The molecule has 1 saturated heterocycles. The minimum absolute atomic E-state index is 0.264. The molecule has 3 atom stereocenters. The molecule has 2 fully saturated rings. The molecule has 3 heteroatoms. The molecule has 0 spiro atoms. The molecule has 0 radical (unpaired) electrons. The minimum Gasteiger partial charge on any atom is -0.311 e. The summed E-state index contributed by atoms with van der Waals surface area (Å²) in [7, 11) is 0. The highest BCUT2D eigenvalue weighted by atomic mass is 32.2. The van der Waals surface area contributed by atoms with Crippen LogP contribution in [0.3, 0.4) is 0 Å². The summed E-state index contributed by atoms with van der Waals surface area (Å²) in [6.45, 7) is 3.44. The van der Waals surface area contributed by atoms with Crippen LogP contribution in [0.2, 0.25) is 0 Å². The molecule has 84 valence electrons. The Bertz CT molecular complexity index is 253. The first-order valence-corrected chi connectivity index (χ1v) is 6.99. The van der Waals surface area contributed by atoms with Crippen molar-refractivity contribution in [1.82, 2.24) is 5.32 Å². The van der Waals surface area contributed by atoms with Crippen molar-refractivity contribution < 1.29 is 0 Å². The molecule has 0 aromatic rings. The van der Waals surface area contributed by atoms with Crippen molar-refractivity contribution in [3.05, 3.63) is 0 Å². The molecule has 1 heterocycles. The summed E-state index contributed by atoms with van der Waals surface area (Å²) >= 11 is 2.09. The van der Waals surface area contributed by atoms with Crippen molar-refractivity contribution in [1.29, 1.82) is 5.26 Å². The van der Waals surface area contributed by atoms with Crippen LogP contribution in [-0.2, 0) is 0 Å². The molecule has 15 heavy (non-hydrogen) atoms. The molecule has 1 saturated carbocycles. The summed E-state index contributed by atoms with van der Waals surface area (Å²) in [5.74, 6) is 1.57. The third-order valence-electron chi connectivity index (χ3n) is 3.72. The lowest BCUT2D eigenvalue weighted by molar-refractivity contribution is 0.429. The number of hydrogen-bond donors (Lipinski definition) is 1. The summed E-state index contributed by atoms with van der Waals surface area (Å²) in [5.41, 5.74) is 0. The summed E-state index contributed by atoms with van der Waals surface area (Å²) in [4.78, 5) is 0. The Morgan fingerprint density at radius 2 is 2.33 bits per heavy atom. The van der Waals surface area contributed by atoms with Gasteiger partial charge in [-0.15, -0.1) is 0 Å². The number of nitrogens with zero attached hydrogens (tertiary/aromatic N) is 1. The summed E-state index contributed by atoms with van der Waals surface area (Å²) in [6, 6.07) is 2.90. The second-order valence-corrected chi connectivity index (χ2v) is 6.74. The zero-order chi connectivity index (χ0) is 10.7. The van der Waals surface area contributed by atoms with E-state index in [4.69, 9.17) is 5.26 Å². The fourth-order valence-electron chi connectivity index (χ4n) is 2.68. The van der Waals surface area contributed by atoms with Gasteiger partial charge in [0.1, 0.15) is 0 Å². The van der Waals surface area contributed by atoms with Crippen molar-refractivity contribution in [3.63, 3.8) is 0 Å². The number of nitrogens with one attached hydrogen (secondary N) is 1. The van der Waals surface area contributed by atoms with E-state index in [2.05, 4.69) is 30.1 Å². The largest absolute Gasteiger partial charge is 0.311 e. The van der Waals surface area contributed by atoms with Gasteiger partial charge in [-0.2, -0.15) is 17.0 Å². The molecule has 2 rings (SSSR count). The van der Waals surface area contributed by atoms with Gasteiger partial charge in [0.2, 0.25) is 0 Å². The van der Waals surface area contributed by atoms with E-state index >= 15 is 0 Å². The molecule has 2 nitrogen and oxygen atoms in total. The lowest BCUT2D eigenvalue weighted by Gasteiger charge is -2.26. The molecule has 0 aromatic heterocycles. The highest BCUT2D eigenvalue weighted by Crippen LogP contribution is 2.37. The van der Waals surface area contributed by atoms with E-state index in [1.807, 2.05) is 0 Å². The van der Waals surface area contributed by atoms with Gasteiger partial charge in [-0.3, -0.25) is 0 Å². The molecule has 1 aliphatic heterocycles. The van der Waals surface area contributed by atoms with Gasteiger partial charge < -0.3 is 5.32 Å². The van der Waals surface area contributed by atoms with Crippen LogP contribution >= 0.6 is 11.8 Å². The maximum Gasteiger partial charge on any atom is 0.0672 e. The van der Waals surface area contributed by atoms with Crippen molar-refractivity contribution in [2.75, 3.05) is 12.3 Å². The smallest absolute Gasteiger partial charge is 0.0672 e. The van der Waals surface area contributed by atoms with Gasteiger partial charge in [0, 0.05) is 17.3 Å². The van der Waals surface area contributed by atoms with Crippen molar-refractivity contribution >= 4 is 11.8 Å². The summed E-state index contributed by atoms with van der Waals surface area (Å²) < 4.78 is 0.433. The Morgan fingerprint density at radius 3 is 3.00 bits per heavy atom. The van der Waals surface area contributed by atoms with E-state index in [1.165, 1.54) is 31.4 Å². The molecular formula is C12H20N2S. The van der Waals surface area contributed by atoms with E-state index in [-0.39, 0.29) is 5.92 Å². The first-order chi connectivity index (χ1) is 7.23. The maximum atomic E-state index is 9.00. The predicted molar refractivity (Wildman–Crippen MR) is 64.8 cm³/mol. The van der Waals surface area contributed by atoms with E-state index in [0.29, 0.717) is 10.8 Å². The number of rotatable bonds is 3. The molecule has 2 aliphatic rings. The van der Waals surface area contributed by atoms with E-state index in [9.17, 15) is 0 Å². The normalized spacial score (nSPS) is 40.5. The van der Waals surface area contributed by atoms with Crippen LogP contribution in [0.5, 0.6) is 0 Å². The standard InChI is InChI=1S/C12H20N2S/c1-12(6-3-7-15-12)9-14-11-5-2-4-10(11)8-13/h10-11,14H,2-7,9H2,1H3. The van der Waals surface area contributed by atoms with Crippen LogP contribution in [0.15, 0.2) is 0 Å². The fraction of sp³-hybridized carbons (Fsp3) is 0.917. The van der Waals surface area contributed by atoms with Crippen LogP contribution in [0.1, 0.15) is 39.0 Å². The van der Waals surface area contributed by atoms with Crippen LogP contribution in [0, 0.1) is 17.2 Å². The van der Waals surface area contributed by atoms with Crippen molar-refractivity contribution in [2.24, 2.45) is 5.92 Å². The summed E-state index contributed by atoms with van der Waals surface area (Å²) in [5, 5.41) is 12.6. The van der Waals surface area contributed by atoms with Gasteiger partial charge in [0.25, 0.3) is 0 Å². The number of nitriles is 1. The fourth-order valence-corrected chi connectivity index (χ4v) is 3.94. The van der Waals surface area contributed by atoms with E-state index in [1.54, 1.807) is 0 Å². The van der Waals surface area contributed by atoms with Gasteiger partial charge in [0.05, 0.1) is 12.0 Å². The lowest BCUT2D eigenvalue weighted by atomic mass is 10.0. The van der Waals surface area contributed by atoms with Gasteiger partial charge in [-0.25, -0.2) is 0 Å². The highest BCUT2D eigenvalue weighted by Gasteiger charge is 2.32. The Kier molecular flexibility index (Phi) is 3.58. The molecule has 0 bridgehead atoms. The molecular weight excluding hydrogens is 204 g/mol. The van der Waals surface area contributed by atoms with E-state index < -0.39 is 0 Å². The first-order valence-electron chi connectivity index (χ1n) is 6.00. The van der Waals surface area contributed by atoms with Gasteiger partial charge in [-0.1, -0.05) is 6.42 Å². The van der Waals surface area contributed by atoms with Crippen LogP contribution in [-0.4, -0.2) is 23.1 Å². The quantitative estimate of drug-likeness (QED) is 0.800. The third-order valence-corrected chi connectivity index (χ3v) is 5.26. The SMILES string of the molecule is CC1(CNC2CCCC2C#N)CCCS1. The Hall–Kier alpha value is -0.200. The molecule has 0 amide bonds. The lowest BCUT2D eigenvalue weighted by Crippen LogP contribution is -2.40. The molecule has 3 unspecified atom stereocenters. The van der Waals surface area contributed by atoms with Crippen LogP contribution in [0.25, 0.3) is 0 Å². The van der Waals surface area contributed by atoms with E-state index in [0.717, 1.165) is 13.0 Å². The van der Waals surface area contributed by atoms with Gasteiger partial charge >= 0.3 is 0 Å². The highest BCUT2D eigenvalue weighted by molar-refractivity contribution is 8.00. The topological polar surface area (TPSA) is 35.8 Å². The third kappa shape index (κ3) is 2.68. The average Bonchev–Trinajstić information content (AvgIpc) is 2.84. The number of hydrogen-bond acceptors (Lipinski definition) is 3.